The Morgan fingerprint density at radius 2 is 1.75 bits per heavy atom. The van der Waals surface area contributed by atoms with Crippen molar-refractivity contribution < 1.29 is 9.90 Å². The van der Waals surface area contributed by atoms with Gasteiger partial charge in [-0.15, -0.1) is 0 Å². The molecule has 1 aromatic rings. The second-order valence-electron chi connectivity index (χ2n) is 12.4. The zero-order chi connectivity index (χ0) is 22.3. The Hall–Kier alpha value is -1.50. The number of rotatable bonds is 4. The fourth-order valence-electron chi connectivity index (χ4n) is 8.80. The predicted octanol–water partition coefficient (Wildman–Crippen LogP) is 3.36. The third kappa shape index (κ3) is 3.24. The van der Waals surface area contributed by atoms with Crippen LogP contribution in [0, 0.1) is 40.9 Å². The molecule has 5 saturated carbocycles. The molecule has 5 fully saturated rings. The van der Waals surface area contributed by atoms with Gasteiger partial charge in [-0.1, -0.05) is 6.92 Å². The molecule has 0 aromatic carbocycles. The van der Waals surface area contributed by atoms with Crippen molar-refractivity contribution in [2.24, 2.45) is 40.9 Å². The second kappa shape index (κ2) is 7.25. The number of ketones is 1. The fraction of sp³-hybridized carbons (Fsp3) is 0.920. The smallest absolute Gasteiger partial charge is 0.364 e. The Morgan fingerprint density at radius 3 is 2.53 bits per heavy atom. The highest BCUT2D eigenvalue weighted by Crippen LogP contribution is 2.64. The molecule has 0 amide bonds. The third-order valence-electron chi connectivity index (χ3n) is 10.5. The number of Topliss-reactive ketones (excluding diaryl/α,β-unsaturated/α-hetero) is 1. The number of aliphatic hydroxyl groups is 1. The lowest BCUT2D eigenvalue weighted by atomic mass is 9.49. The zero-order valence-electron chi connectivity index (χ0n) is 19.6. The minimum Gasteiger partial charge on any atom is -0.390 e. The van der Waals surface area contributed by atoms with E-state index in [2.05, 4.69) is 17.4 Å². The molecule has 8 atom stereocenters. The van der Waals surface area contributed by atoms with Crippen LogP contribution in [0.4, 0.5) is 0 Å². The van der Waals surface area contributed by atoms with Crippen molar-refractivity contribution >= 4 is 5.78 Å². The summed E-state index contributed by atoms with van der Waals surface area (Å²) in [5.74, 6) is 3.80. The highest BCUT2D eigenvalue weighted by Gasteiger charge is 2.58. The molecule has 1 heterocycles. The number of hydrogen-bond acceptors (Lipinski definition) is 5. The van der Waals surface area contributed by atoms with Crippen molar-refractivity contribution in [1.29, 1.82) is 0 Å². The van der Waals surface area contributed by atoms with E-state index in [4.69, 9.17) is 0 Å². The van der Waals surface area contributed by atoms with Gasteiger partial charge in [0.2, 0.25) is 0 Å². The summed E-state index contributed by atoms with van der Waals surface area (Å²) in [7, 11) is 0. The normalized spacial score (nSPS) is 45.7. The molecule has 5 aliphatic carbocycles. The van der Waals surface area contributed by atoms with Gasteiger partial charge in [0.1, 0.15) is 6.54 Å². The maximum Gasteiger partial charge on any atom is 0.364 e. The van der Waals surface area contributed by atoms with E-state index in [1.54, 1.807) is 0 Å². The molecule has 6 rings (SSSR count). The van der Waals surface area contributed by atoms with E-state index in [0.717, 1.165) is 62.7 Å². The highest BCUT2D eigenvalue weighted by atomic mass is 16.3. The maximum atomic E-state index is 13.4. The lowest BCUT2D eigenvalue weighted by Crippen LogP contribution is -2.51. The lowest BCUT2D eigenvalue weighted by molar-refractivity contribution is -0.133. The van der Waals surface area contributed by atoms with E-state index in [9.17, 15) is 14.7 Å². The van der Waals surface area contributed by atoms with Gasteiger partial charge >= 0.3 is 5.69 Å². The van der Waals surface area contributed by atoms with Crippen molar-refractivity contribution in [3.8, 4) is 0 Å². The minimum atomic E-state index is -0.471. The zero-order valence-corrected chi connectivity index (χ0v) is 19.6. The first-order valence-corrected chi connectivity index (χ1v) is 13.0. The number of fused-ring (bicyclic) bond motifs is 5. The first-order valence-electron chi connectivity index (χ1n) is 13.0. The van der Waals surface area contributed by atoms with Crippen LogP contribution in [0.3, 0.4) is 0 Å². The summed E-state index contributed by atoms with van der Waals surface area (Å²) in [6.07, 6.45) is 12.0. The van der Waals surface area contributed by atoms with Gasteiger partial charge in [0, 0.05) is 5.92 Å². The number of tetrazole rings is 1. The van der Waals surface area contributed by atoms with Crippen LogP contribution in [0.2, 0.25) is 0 Å². The Morgan fingerprint density at radius 1 is 0.969 bits per heavy atom. The molecule has 1 aromatic heterocycles. The van der Waals surface area contributed by atoms with Gasteiger partial charge < -0.3 is 5.11 Å². The molecule has 5 aliphatic rings. The van der Waals surface area contributed by atoms with Crippen molar-refractivity contribution in [2.75, 3.05) is 0 Å². The Labute approximate surface area is 189 Å². The molecule has 0 radical (unpaired) electrons. The Bertz CT molecular complexity index is 963. The third-order valence-corrected chi connectivity index (χ3v) is 10.5. The van der Waals surface area contributed by atoms with Gasteiger partial charge in [0.15, 0.2) is 5.78 Å². The Balaban J connectivity index is 1.17. The van der Waals surface area contributed by atoms with Crippen molar-refractivity contribution in [2.45, 2.75) is 103 Å². The summed E-state index contributed by atoms with van der Waals surface area (Å²) in [6.45, 7) is 4.46. The molecule has 0 aliphatic heterocycles. The second-order valence-corrected chi connectivity index (χ2v) is 12.4. The van der Waals surface area contributed by atoms with Gasteiger partial charge in [-0.25, -0.2) is 4.79 Å². The average molecular weight is 443 g/mol. The summed E-state index contributed by atoms with van der Waals surface area (Å²) in [5, 5.41) is 18.6. The van der Waals surface area contributed by atoms with Crippen LogP contribution >= 0.6 is 0 Å². The lowest BCUT2D eigenvalue weighted by Gasteiger charge is -2.56. The number of carbonyl (C=O) groups excluding carboxylic acids is 1. The van der Waals surface area contributed by atoms with Crippen LogP contribution in [0.25, 0.3) is 0 Å². The van der Waals surface area contributed by atoms with Crippen LogP contribution in [-0.2, 0) is 11.3 Å². The molecular weight excluding hydrogens is 404 g/mol. The molecule has 0 spiro atoms. The van der Waals surface area contributed by atoms with Crippen LogP contribution in [0.5, 0.6) is 0 Å². The predicted molar refractivity (Wildman–Crippen MR) is 119 cm³/mol. The van der Waals surface area contributed by atoms with Crippen LogP contribution in [0.15, 0.2) is 4.79 Å². The molecule has 0 saturated heterocycles. The van der Waals surface area contributed by atoms with Crippen LogP contribution < -0.4 is 5.69 Å². The van der Waals surface area contributed by atoms with Gasteiger partial charge in [-0.05, 0) is 123 Å². The van der Waals surface area contributed by atoms with Gasteiger partial charge in [0.05, 0.1) is 11.6 Å². The van der Waals surface area contributed by atoms with Crippen molar-refractivity contribution in [3.05, 3.63) is 10.5 Å². The minimum absolute atomic E-state index is 0.0382. The van der Waals surface area contributed by atoms with Crippen molar-refractivity contribution in [1.82, 2.24) is 19.8 Å². The fourth-order valence-corrected chi connectivity index (χ4v) is 8.80. The van der Waals surface area contributed by atoms with Gasteiger partial charge in [-0.2, -0.15) is 9.36 Å². The molecule has 0 bridgehead atoms. The SMILES string of the molecule is C[C@@]1(O)CCC2C3CC[C@]4(C)[C@@H](C(=O)Cn5nnn(C6CC6)c5=O)CC[C@H]4[C@@H]3CC[C@@H]2C1. The number of aromatic nitrogens is 4. The number of carbonyl (C=O) groups is 1. The quantitative estimate of drug-likeness (QED) is 0.772. The summed E-state index contributed by atoms with van der Waals surface area (Å²) in [5.41, 5.74) is -0.640. The summed E-state index contributed by atoms with van der Waals surface area (Å²) >= 11 is 0. The number of nitrogens with zero attached hydrogens (tertiary/aromatic N) is 4. The van der Waals surface area contributed by atoms with E-state index in [1.807, 2.05) is 6.92 Å². The van der Waals surface area contributed by atoms with Crippen LogP contribution in [-0.4, -0.2) is 36.3 Å². The summed E-state index contributed by atoms with van der Waals surface area (Å²) < 4.78 is 2.75. The first kappa shape index (κ1) is 21.1. The average Bonchev–Trinajstić information content (AvgIpc) is 3.43. The Kier molecular flexibility index (Phi) is 4.77. The molecule has 2 unspecified atom stereocenters. The van der Waals surface area contributed by atoms with E-state index in [0.29, 0.717) is 11.8 Å². The monoisotopic (exact) mass is 442 g/mol. The molecular formula is C25H38N4O3. The summed E-state index contributed by atoms with van der Waals surface area (Å²) in [4.78, 5) is 26.0. The maximum absolute atomic E-state index is 13.4. The molecule has 7 nitrogen and oxygen atoms in total. The molecule has 32 heavy (non-hydrogen) atoms. The van der Waals surface area contributed by atoms with E-state index in [-0.39, 0.29) is 35.4 Å². The summed E-state index contributed by atoms with van der Waals surface area (Å²) in [6, 6.07) is 0.189. The van der Waals surface area contributed by atoms with Gasteiger partial charge in [-0.3, -0.25) is 4.79 Å². The standard InChI is InChI=1S/C25H38N4O3/c1-24(32)11-9-17-15(13-24)3-6-19-18(17)10-12-25(2)20(19)7-8-21(25)22(30)14-28-23(31)29(27-26-28)16-4-5-16/h15-21,32H,3-14H2,1-2H3/t15-,17?,18?,19-,20+,21-,24-,25+/m1/s1. The van der Waals surface area contributed by atoms with Crippen molar-refractivity contribution in [3.63, 3.8) is 0 Å². The molecule has 1 N–H and O–H groups in total. The molecule has 176 valence electrons. The van der Waals surface area contributed by atoms with E-state index >= 15 is 0 Å². The van der Waals surface area contributed by atoms with Crippen LogP contribution in [0.1, 0.15) is 90.5 Å². The largest absolute Gasteiger partial charge is 0.390 e. The first-order chi connectivity index (χ1) is 15.3. The van der Waals surface area contributed by atoms with E-state index < -0.39 is 5.60 Å². The van der Waals surface area contributed by atoms with Gasteiger partial charge in [0.25, 0.3) is 0 Å². The topological polar surface area (TPSA) is 90.0 Å². The van der Waals surface area contributed by atoms with E-state index in [1.165, 1.54) is 35.0 Å². The number of hydrogen-bond donors (Lipinski definition) is 1. The highest BCUT2D eigenvalue weighted by molar-refractivity contribution is 5.82. The molecule has 7 heteroatoms.